The first kappa shape index (κ1) is 22.7. The molecule has 2 aliphatic heterocycles. The number of Topliss-reactive ketones (excluding diaryl/α,β-unsaturated/α-hetero) is 2. The van der Waals surface area contributed by atoms with Gasteiger partial charge in [0.15, 0.2) is 0 Å². The van der Waals surface area contributed by atoms with Crippen molar-refractivity contribution in [1.82, 2.24) is 0 Å². The smallest absolute Gasteiger partial charge is 0.241 e. The van der Waals surface area contributed by atoms with Gasteiger partial charge in [-0.25, -0.2) is 4.90 Å². The Bertz CT molecular complexity index is 1230. The lowest BCUT2D eigenvalue weighted by molar-refractivity contribution is -0.126. The molecule has 0 unspecified atom stereocenters. The van der Waals surface area contributed by atoms with Gasteiger partial charge in [0.25, 0.3) is 0 Å². The SMILES string of the molecule is CC/C=C(\CCC)[C@H]1OC2(C(=O)c3ccccc3C2=O)[C@H]2C(=O)N(c3ccccc3Cl)C(=O)[C@@H]12. The highest BCUT2D eigenvalue weighted by atomic mass is 35.5. The van der Waals surface area contributed by atoms with Gasteiger partial charge in [0, 0.05) is 11.1 Å². The van der Waals surface area contributed by atoms with Crippen LogP contribution in [0.25, 0.3) is 0 Å². The van der Waals surface area contributed by atoms with Crippen LogP contribution in [0.1, 0.15) is 53.8 Å². The fourth-order valence-electron chi connectivity index (χ4n) is 5.63. The summed E-state index contributed by atoms with van der Waals surface area (Å²) >= 11 is 6.35. The van der Waals surface area contributed by atoms with Gasteiger partial charge in [-0.3, -0.25) is 19.2 Å². The van der Waals surface area contributed by atoms with Gasteiger partial charge < -0.3 is 4.74 Å². The number of benzene rings is 2. The number of fused-ring (bicyclic) bond motifs is 3. The number of hydrogen-bond donors (Lipinski definition) is 0. The number of ketones is 2. The molecule has 174 valence electrons. The summed E-state index contributed by atoms with van der Waals surface area (Å²) in [7, 11) is 0. The van der Waals surface area contributed by atoms with Crippen molar-refractivity contribution in [3.8, 4) is 0 Å². The molecule has 0 saturated carbocycles. The van der Waals surface area contributed by atoms with E-state index in [-0.39, 0.29) is 21.8 Å². The van der Waals surface area contributed by atoms with E-state index < -0.39 is 46.9 Å². The quantitative estimate of drug-likeness (QED) is 0.351. The second kappa shape index (κ2) is 8.29. The number of allylic oxidation sites excluding steroid dienone is 1. The van der Waals surface area contributed by atoms with Crippen molar-refractivity contribution in [2.24, 2.45) is 11.8 Å². The highest BCUT2D eigenvalue weighted by Crippen LogP contribution is 2.55. The van der Waals surface area contributed by atoms with Crippen LogP contribution >= 0.6 is 11.6 Å². The van der Waals surface area contributed by atoms with Crippen LogP contribution in [-0.4, -0.2) is 35.1 Å². The van der Waals surface area contributed by atoms with E-state index >= 15 is 0 Å². The summed E-state index contributed by atoms with van der Waals surface area (Å²) in [6, 6.07) is 13.0. The van der Waals surface area contributed by atoms with Crippen LogP contribution in [-0.2, 0) is 14.3 Å². The molecule has 1 spiro atoms. The first-order valence-electron chi connectivity index (χ1n) is 11.6. The van der Waals surface area contributed by atoms with Crippen LogP contribution < -0.4 is 4.90 Å². The molecular weight excluding hydrogens is 454 g/mol. The van der Waals surface area contributed by atoms with Gasteiger partial charge in [-0.1, -0.05) is 74.3 Å². The zero-order valence-corrected chi connectivity index (χ0v) is 19.7. The number of carbonyl (C=O) groups excluding carboxylic acids is 4. The first-order chi connectivity index (χ1) is 16.4. The summed E-state index contributed by atoms with van der Waals surface area (Å²) in [4.78, 5) is 56.2. The lowest BCUT2D eigenvalue weighted by atomic mass is 9.76. The lowest BCUT2D eigenvalue weighted by Crippen LogP contribution is -2.51. The predicted molar refractivity (Wildman–Crippen MR) is 127 cm³/mol. The number of nitrogens with zero attached hydrogens (tertiary/aromatic N) is 1. The molecule has 7 heteroatoms. The van der Waals surface area contributed by atoms with Crippen molar-refractivity contribution >= 4 is 40.7 Å². The normalized spacial score (nSPS) is 25.4. The number of rotatable bonds is 5. The molecule has 2 aromatic carbocycles. The Balaban J connectivity index is 1.71. The van der Waals surface area contributed by atoms with Crippen molar-refractivity contribution < 1.29 is 23.9 Å². The molecule has 0 N–H and O–H groups in total. The molecule has 0 radical (unpaired) electrons. The second-order valence-corrected chi connectivity index (χ2v) is 9.29. The van der Waals surface area contributed by atoms with E-state index in [2.05, 4.69) is 0 Å². The Kier molecular flexibility index (Phi) is 5.53. The van der Waals surface area contributed by atoms with Crippen molar-refractivity contribution in [3.05, 3.63) is 76.3 Å². The maximum Gasteiger partial charge on any atom is 0.241 e. The Morgan fingerprint density at radius 1 is 0.971 bits per heavy atom. The van der Waals surface area contributed by atoms with Gasteiger partial charge in [-0.2, -0.15) is 0 Å². The maximum atomic E-state index is 13.9. The van der Waals surface area contributed by atoms with E-state index in [1.165, 1.54) is 0 Å². The summed E-state index contributed by atoms with van der Waals surface area (Å²) in [6.07, 6.45) is 3.22. The summed E-state index contributed by atoms with van der Waals surface area (Å²) in [6.45, 7) is 3.97. The number of ether oxygens (including phenoxy) is 1. The van der Waals surface area contributed by atoms with E-state index in [1.54, 1.807) is 48.5 Å². The van der Waals surface area contributed by atoms with Crippen LogP contribution in [0.4, 0.5) is 5.69 Å². The molecule has 3 atom stereocenters. The third-order valence-corrected chi connectivity index (χ3v) is 7.30. The molecule has 2 amide bonds. The average molecular weight is 478 g/mol. The zero-order chi connectivity index (χ0) is 24.2. The summed E-state index contributed by atoms with van der Waals surface area (Å²) < 4.78 is 6.34. The Morgan fingerprint density at radius 3 is 2.18 bits per heavy atom. The topological polar surface area (TPSA) is 80.8 Å². The van der Waals surface area contributed by atoms with E-state index in [0.29, 0.717) is 12.8 Å². The number of amides is 2. The van der Waals surface area contributed by atoms with Gasteiger partial charge >= 0.3 is 0 Å². The second-order valence-electron chi connectivity index (χ2n) is 8.88. The van der Waals surface area contributed by atoms with Crippen LogP contribution in [0.5, 0.6) is 0 Å². The monoisotopic (exact) mass is 477 g/mol. The summed E-state index contributed by atoms with van der Waals surface area (Å²) in [5.74, 6) is -4.49. The third-order valence-electron chi connectivity index (χ3n) is 6.98. The largest absolute Gasteiger partial charge is 0.349 e. The van der Waals surface area contributed by atoms with Gasteiger partial charge in [0.1, 0.15) is 0 Å². The lowest BCUT2D eigenvalue weighted by Gasteiger charge is -2.28. The van der Waals surface area contributed by atoms with Crippen molar-refractivity contribution in [2.45, 2.75) is 44.8 Å². The Hall–Kier alpha value is -3.09. The molecule has 5 rings (SSSR count). The van der Waals surface area contributed by atoms with Crippen molar-refractivity contribution in [2.75, 3.05) is 4.90 Å². The summed E-state index contributed by atoms with van der Waals surface area (Å²) in [5, 5.41) is 0.237. The number of carbonyl (C=O) groups is 4. The Morgan fingerprint density at radius 2 is 1.59 bits per heavy atom. The van der Waals surface area contributed by atoms with Crippen LogP contribution in [0.2, 0.25) is 5.02 Å². The van der Waals surface area contributed by atoms with Gasteiger partial charge in [0.2, 0.25) is 29.0 Å². The number of imide groups is 1. The van der Waals surface area contributed by atoms with E-state index in [0.717, 1.165) is 16.9 Å². The minimum absolute atomic E-state index is 0.222. The highest BCUT2D eigenvalue weighted by molar-refractivity contribution is 6.39. The highest BCUT2D eigenvalue weighted by Gasteiger charge is 2.74. The molecule has 0 bridgehead atoms. The number of halogens is 1. The number of hydrogen-bond acceptors (Lipinski definition) is 5. The van der Waals surface area contributed by atoms with Crippen LogP contribution in [0.15, 0.2) is 60.2 Å². The molecule has 3 aliphatic rings. The van der Waals surface area contributed by atoms with Crippen molar-refractivity contribution in [3.63, 3.8) is 0 Å². The van der Waals surface area contributed by atoms with E-state index in [4.69, 9.17) is 16.3 Å². The van der Waals surface area contributed by atoms with Gasteiger partial charge in [-0.15, -0.1) is 0 Å². The van der Waals surface area contributed by atoms with E-state index in [9.17, 15) is 19.2 Å². The molecule has 0 aromatic heterocycles. The fourth-order valence-corrected chi connectivity index (χ4v) is 5.85. The molecule has 2 saturated heterocycles. The molecular formula is C27H24ClNO5. The number of anilines is 1. The predicted octanol–water partition coefficient (Wildman–Crippen LogP) is 4.80. The molecule has 2 aromatic rings. The van der Waals surface area contributed by atoms with Crippen LogP contribution in [0.3, 0.4) is 0 Å². The number of para-hydroxylation sites is 1. The Labute approximate surface area is 202 Å². The van der Waals surface area contributed by atoms with Crippen molar-refractivity contribution in [1.29, 1.82) is 0 Å². The van der Waals surface area contributed by atoms with Gasteiger partial charge in [-0.05, 0) is 30.5 Å². The first-order valence-corrected chi connectivity index (χ1v) is 11.9. The fraction of sp³-hybridized carbons (Fsp3) is 0.333. The molecule has 2 fully saturated rings. The minimum atomic E-state index is -2.05. The maximum absolute atomic E-state index is 13.9. The molecule has 6 nitrogen and oxygen atoms in total. The average Bonchev–Trinajstić information content (AvgIpc) is 3.40. The van der Waals surface area contributed by atoms with E-state index in [1.807, 2.05) is 19.9 Å². The standard InChI is InChI=1S/C27H24ClNO5/c1-3-9-15(10-4-2)22-20-21(26(33)29(25(20)32)19-14-8-7-13-18(19)28)27(34-22)23(30)16-11-5-6-12-17(16)24(27)31/h5-9,11-14,20-22H,3-4,10H2,1-2H3/b15-9+/t20-,21-,22-/m1/s1. The summed E-state index contributed by atoms with van der Waals surface area (Å²) in [5.41, 5.74) is -0.535. The minimum Gasteiger partial charge on any atom is -0.349 e. The zero-order valence-electron chi connectivity index (χ0n) is 18.9. The molecule has 2 heterocycles. The van der Waals surface area contributed by atoms with Crippen LogP contribution in [0, 0.1) is 11.8 Å². The van der Waals surface area contributed by atoms with Gasteiger partial charge in [0.05, 0.1) is 28.6 Å². The molecule has 34 heavy (non-hydrogen) atoms. The third kappa shape index (κ3) is 2.91. The molecule has 1 aliphatic carbocycles.